The van der Waals surface area contributed by atoms with Gasteiger partial charge < -0.3 is 23.7 Å². The van der Waals surface area contributed by atoms with Crippen molar-refractivity contribution in [1.82, 2.24) is 0 Å². The molecule has 2 aliphatic heterocycles. The van der Waals surface area contributed by atoms with Gasteiger partial charge in [0, 0.05) is 13.8 Å². The van der Waals surface area contributed by atoms with Crippen molar-refractivity contribution >= 4 is 11.9 Å². The molecule has 0 bridgehead atoms. The van der Waals surface area contributed by atoms with Gasteiger partial charge in [-0.3, -0.25) is 9.59 Å². The highest BCUT2D eigenvalue weighted by molar-refractivity contribution is 5.67. The summed E-state index contributed by atoms with van der Waals surface area (Å²) in [5.41, 5.74) is 0. The van der Waals surface area contributed by atoms with Crippen LogP contribution >= 0.6 is 0 Å². The Kier molecular flexibility index (Phi) is 3.80. The first-order chi connectivity index (χ1) is 8.78. The first-order valence-electron chi connectivity index (χ1n) is 6.10. The number of carbonyl (C=O) groups is 2. The molecule has 2 aliphatic rings. The van der Waals surface area contributed by atoms with E-state index >= 15 is 0 Å². The van der Waals surface area contributed by atoms with E-state index in [1.165, 1.54) is 13.8 Å². The van der Waals surface area contributed by atoms with Crippen LogP contribution in [0, 0.1) is 0 Å². The van der Waals surface area contributed by atoms with E-state index < -0.39 is 36.2 Å². The third-order valence-electron chi connectivity index (χ3n) is 2.82. The summed E-state index contributed by atoms with van der Waals surface area (Å²) >= 11 is 0. The van der Waals surface area contributed by atoms with E-state index in [0.29, 0.717) is 0 Å². The summed E-state index contributed by atoms with van der Waals surface area (Å²) in [6.07, 6.45) is -2.68. The van der Waals surface area contributed by atoms with E-state index in [2.05, 4.69) is 0 Å². The van der Waals surface area contributed by atoms with Crippen LogP contribution in [-0.2, 0) is 33.3 Å². The molecule has 2 heterocycles. The molecule has 2 saturated heterocycles. The Balaban J connectivity index is 2.16. The zero-order chi connectivity index (χ0) is 14.2. The summed E-state index contributed by atoms with van der Waals surface area (Å²) in [6, 6.07) is 0. The highest BCUT2D eigenvalue weighted by Crippen LogP contribution is 2.36. The number of hydrogen-bond acceptors (Lipinski definition) is 7. The molecule has 0 radical (unpaired) electrons. The highest BCUT2D eigenvalue weighted by atomic mass is 16.8. The molecule has 4 atom stereocenters. The highest BCUT2D eigenvalue weighted by Gasteiger charge is 2.53. The van der Waals surface area contributed by atoms with Gasteiger partial charge in [-0.1, -0.05) is 0 Å². The van der Waals surface area contributed by atoms with Crippen LogP contribution in [0.5, 0.6) is 0 Å². The summed E-state index contributed by atoms with van der Waals surface area (Å²) in [5.74, 6) is -1.80. The molecule has 108 valence electrons. The minimum absolute atomic E-state index is 0.212. The Labute approximate surface area is 111 Å². The molecule has 0 aromatic rings. The normalized spacial score (nSPS) is 36.4. The van der Waals surface area contributed by atoms with Crippen molar-refractivity contribution < 1.29 is 33.3 Å². The van der Waals surface area contributed by atoms with Crippen LogP contribution in [0.3, 0.4) is 0 Å². The molecule has 7 heteroatoms. The lowest BCUT2D eigenvalue weighted by Crippen LogP contribution is -2.54. The summed E-state index contributed by atoms with van der Waals surface area (Å²) < 4.78 is 26.9. The van der Waals surface area contributed by atoms with E-state index in [4.69, 9.17) is 23.7 Å². The Morgan fingerprint density at radius 3 is 2.32 bits per heavy atom. The van der Waals surface area contributed by atoms with Crippen LogP contribution in [0.1, 0.15) is 27.7 Å². The van der Waals surface area contributed by atoms with E-state index in [1.807, 2.05) is 0 Å². The number of hydrogen-bond donors (Lipinski definition) is 0. The maximum Gasteiger partial charge on any atom is 0.305 e. The van der Waals surface area contributed by atoms with Crippen molar-refractivity contribution in [2.45, 2.75) is 58.1 Å². The van der Waals surface area contributed by atoms with Crippen LogP contribution < -0.4 is 0 Å². The maximum atomic E-state index is 11.2. The van der Waals surface area contributed by atoms with Gasteiger partial charge in [0.15, 0.2) is 11.9 Å². The number of esters is 2. The number of rotatable bonds is 2. The molecule has 2 rings (SSSR count). The third-order valence-corrected chi connectivity index (χ3v) is 2.82. The molecule has 19 heavy (non-hydrogen) atoms. The summed E-state index contributed by atoms with van der Waals surface area (Å²) in [6.45, 7) is 6.27. The summed E-state index contributed by atoms with van der Waals surface area (Å²) in [7, 11) is 0. The van der Waals surface area contributed by atoms with Gasteiger partial charge in [-0.05, 0) is 13.8 Å². The van der Waals surface area contributed by atoms with Gasteiger partial charge in [-0.25, -0.2) is 0 Å². The maximum absolute atomic E-state index is 11.2. The van der Waals surface area contributed by atoms with Crippen molar-refractivity contribution in [3.63, 3.8) is 0 Å². The molecular formula is C12H18O7. The minimum atomic E-state index is -0.972. The van der Waals surface area contributed by atoms with Gasteiger partial charge in [-0.15, -0.1) is 0 Å². The predicted molar refractivity (Wildman–Crippen MR) is 60.9 cm³/mol. The van der Waals surface area contributed by atoms with Gasteiger partial charge in [0.2, 0.25) is 6.29 Å². The Morgan fingerprint density at radius 2 is 1.74 bits per heavy atom. The Hall–Kier alpha value is -1.18. The third kappa shape index (κ3) is 3.23. The quantitative estimate of drug-likeness (QED) is 0.672. The Bertz CT molecular complexity index is 378. The average molecular weight is 274 g/mol. The van der Waals surface area contributed by atoms with E-state index in [0.717, 1.165) is 0 Å². The van der Waals surface area contributed by atoms with Crippen molar-refractivity contribution in [2.75, 3.05) is 6.61 Å². The first kappa shape index (κ1) is 14.2. The number of fused-ring (bicyclic) bond motifs is 1. The topological polar surface area (TPSA) is 80.3 Å². The standard InChI is InChI=1S/C12H18O7/c1-6(13)16-10-9-8(18-12(3,4)19-9)5-15-11(10)17-7(2)14/h8-11H,5H2,1-4H3. The van der Waals surface area contributed by atoms with Crippen LogP contribution in [0.15, 0.2) is 0 Å². The van der Waals surface area contributed by atoms with Gasteiger partial charge >= 0.3 is 11.9 Å². The Morgan fingerprint density at radius 1 is 1.11 bits per heavy atom. The zero-order valence-corrected chi connectivity index (χ0v) is 11.4. The second-order valence-corrected chi connectivity index (χ2v) is 5.02. The van der Waals surface area contributed by atoms with E-state index in [-0.39, 0.29) is 12.7 Å². The smallest absolute Gasteiger partial charge is 0.305 e. The molecule has 0 amide bonds. The molecule has 0 N–H and O–H groups in total. The molecule has 2 fully saturated rings. The van der Waals surface area contributed by atoms with Crippen LogP contribution in [0.2, 0.25) is 0 Å². The number of ether oxygens (including phenoxy) is 5. The van der Waals surface area contributed by atoms with Crippen LogP contribution in [0.4, 0.5) is 0 Å². The fourth-order valence-electron chi connectivity index (χ4n) is 2.29. The van der Waals surface area contributed by atoms with E-state index in [1.54, 1.807) is 13.8 Å². The van der Waals surface area contributed by atoms with Crippen molar-refractivity contribution in [3.8, 4) is 0 Å². The lowest BCUT2D eigenvalue weighted by molar-refractivity contribution is -0.251. The second kappa shape index (κ2) is 5.07. The molecule has 0 aromatic heterocycles. The predicted octanol–water partition coefficient (Wildman–Crippen LogP) is 0.358. The lowest BCUT2D eigenvalue weighted by Gasteiger charge is -2.35. The number of carbonyl (C=O) groups excluding carboxylic acids is 2. The molecule has 7 nitrogen and oxygen atoms in total. The molecule has 0 saturated carbocycles. The van der Waals surface area contributed by atoms with Gasteiger partial charge in [0.05, 0.1) is 6.61 Å². The average Bonchev–Trinajstić information content (AvgIpc) is 2.55. The fraction of sp³-hybridized carbons (Fsp3) is 0.833. The summed E-state index contributed by atoms with van der Waals surface area (Å²) in [5, 5.41) is 0. The SMILES string of the molecule is CC(=O)OC1OCC2OC(C)(C)OC2C1OC(C)=O. The monoisotopic (exact) mass is 274 g/mol. The van der Waals surface area contributed by atoms with Crippen LogP contribution in [-0.4, -0.2) is 48.9 Å². The van der Waals surface area contributed by atoms with Crippen molar-refractivity contribution in [3.05, 3.63) is 0 Å². The van der Waals surface area contributed by atoms with Gasteiger partial charge in [-0.2, -0.15) is 0 Å². The van der Waals surface area contributed by atoms with Crippen molar-refractivity contribution in [2.24, 2.45) is 0 Å². The molecular weight excluding hydrogens is 256 g/mol. The van der Waals surface area contributed by atoms with Gasteiger partial charge in [0.1, 0.15) is 12.2 Å². The van der Waals surface area contributed by atoms with Crippen molar-refractivity contribution in [1.29, 1.82) is 0 Å². The fourth-order valence-corrected chi connectivity index (χ4v) is 2.29. The molecule has 4 unspecified atom stereocenters. The zero-order valence-electron chi connectivity index (χ0n) is 11.4. The van der Waals surface area contributed by atoms with E-state index in [9.17, 15) is 9.59 Å². The largest absolute Gasteiger partial charge is 0.453 e. The first-order valence-corrected chi connectivity index (χ1v) is 6.10. The molecule has 0 spiro atoms. The molecule has 0 aromatic carbocycles. The summed E-state index contributed by atoms with van der Waals surface area (Å²) in [4.78, 5) is 22.2. The molecule has 0 aliphatic carbocycles. The minimum Gasteiger partial charge on any atom is -0.453 e. The van der Waals surface area contributed by atoms with Gasteiger partial charge in [0.25, 0.3) is 0 Å². The lowest BCUT2D eigenvalue weighted by atomic mass is 10.1. The second-order valence-electron chi connectivity index (χ2n) is 5.02. The van der Waals surface area contributed by atoms with Crippen LogP contribution in [0.25, 0.3) is 0 Å².